The Balaban J connectivity index is 1.51. The number of aromatic nitrogens is 2. The van der Waals surface area contributed by atoms with Gasteiger partial charge >= 0.3 is 0 Å². The fourth-order valence-corrected chi connectivity index (χ4v) is 2.85. The molecule has 1 aromatic heterocycles. The average molecular weight is 376 g/mol. The minimum absolute atomic E-state index is 0.297. The Bertz CT molecular complexity index is 943. The molecule has 0 atom stereocenters. The smallest absolute Gasteiger partial charge is 0.274 e. The van der Waals surface area contributed by atoms with Crippen LogP contribution in [0, 0.1) is 0 Å². The fraction of sp³-hybridized carbons (Fsp3) is 0.190. The van der Waals surface area contributed by atoms with Crippen LogP contribution in [0.25, 0.3) is 0 Å². The van der Waals surface area contributed by atoms with Crippen LogP contribution in [0.4, 0.5) is 11.6 Å². The lowest BCUT2D eigenvalue weighted by Crippen LogP contribution is -2.37. The highest BCUT2D eigenvalue weighted by Crippen LogP contribution is 2.29. The maximum absolute atomic E-state index is 12.8. The van der Waals surface area contributed by atoms with Crippen LogP contribution in [0.5, 0.6) is 11.5 Å². The van der Waals surface area contributed by atoms with Crippen LogP contribution in [0.3, 0.4) is 0 Å². The van der Waals surface area contributed by atoms with Crippen LogP contribution in [0.1, 0.15) is 10.5 Å². The molecule has 1 amide bonds. The number of carbonyl (C=O) groups excluding carboxylic acids is 1. The third-order valence-electron chi connectivity index (χ3n) is 4.28. The van der Waals surface area contributed by atoms with Gasteiger partial charge in [0.25, 0.3) is 5.91 Å². The van der Waals surface area contributed by atoms with E-state index in [4.69, 9.17) is 9.47 Å². The molecule has 1 aliphatic heterocycles. The van der Waals surface area contributed by atoms with Crippen molar-refractivity contribution in [2.75, 3.05) is 36.5 Å². The Morgan fingerprint density at radius 2 is 1.75 bits per heavy atom. The zero-order valence-electron chi connectivity index (χ0n) is 15.2. The first-order valence-electron chi connectivity index (χ1n) is 9.08. The minimum Gasteiger partial charge on any atom is -0.455 e. The number of carbonyl (C=O) groups is 1. The fourth-order valence-electron chi connectivity index (χ4n) is 2.85. The van der Waals surface area contributed by atoms with Gasteiger partial charge in [-0.1, -0.05) is 30.3 Å². The van der Waals surface area contributed by atoms with Crippen molar-refractivity contribution in [2.45, 2.75) is 0 Å². The summed E-state index contributed by atoms with van der Waals surface area (Å²) < 4.78 is 11.2. The normalized spacial score (nSPS) is 13.8. The van der Waals surface area contributed by atoms with Crippen LogP contribution in [0.15, 0.2) is 66.9 Å². The first-order valence-corrected chi connectivity index (χ1v) is 9.08. The van der Waals surface area contributed by atoms with E-state index in [0.29, 0.717) is 55.1 Å². The second-order valence-electron chi connectivity index (χ2n) is 6.21. The largest absolute Gasteiger partial charge is 0.455 e. The van der Waals surface area contributed by atoms with E-state index in [1.807, 2.05) is 53.4 Å². The minimum atomic E-state index is -0.318. The molecule has 142 valence electrons. The molecule has 0 saturated carbocycles. The molecule has 0 bridgehead atoms. The molecule has 7 heteroatoms. The van der Waals surface area contributed by atoms with E-state index >= 15 is 0 Å². The van der Waals surface area contributed by atoms with E-state index in [-0.39, 0.29) is 5.91 Å². The van der Waals surface area contributed by atoms with Crippen molar-refractivity contribution < 1.29 is 14.3 Å². The second-order valence-corrected chi connectivity index (χ2v) is 6.21. The molecule has 1 aliphatic rings. The molecule has 0 radical (unpaired) electrons. The third kappa shape index (κ3) is 4.27. The topological polar surface area (TPSA) is 76.6 Å². The highest BCUT2D eigenvalue weighted by Gasteiger charge is 2.17. The molecule has 2 aromatic carbocycles. The Hall–Kier alpha value is -3.45. The predicted molar refractivity (Wildman–Crippen MR) is 106 cm³/mol. The highest BCUT2D eigenvalue weighted by molar-refractivity contribution is 6.03. The van der Waals surface area contributed by atoms with Gasteiger partial charge in [-0.15, -0.1) is 0 Å². The molecule has 3 aromatic rings. The van der Waals surface area contributed by atoms with Crippen LogP contribution in [-0.2, 0) is 4.74 Å². The molecular formula is C21H20N4O3. The number of hydrogen-bond acceptors (Lipinski definition) is 6. The molecule has 0 unspecified atom stereocenters. The molecule has 4 rings (SSSR count). The maximum Gasteiger partial charge on any atom is 0.274 e. The number of nitrogens with one attached hydrogen (secondary N) is 1. The Morgan fingerprint density at radius 1 is 1.00 bits per heavy atom. The molecule has 2 heterocycles. The Morgan fingerprint density at radius 3 is 2.57 bits per heavy atom. The summed E-state index contributed by atoms with van der Waals surface area (Å²) in [7, 11) is 0. The van der Waals surface area contributed by atoms with Crippen LogP contribution in [-0.4, -0.2) is 42.2 Å². The van der Waals surface area contributed by atoms with Gasteiger partial charge in [-0.2, -0.15) is 0 Å². The van der Waals surface area contributed by atoms with Crippen LogP contribution >= 0.6 is 0 Å². The highest BCUT2D eigenvalue weighted by atomic mass is 16.5. The van der Waals surface area contributed by atoms with Crippen molar-refractivity contribution in [2.24, 2.45) is 0 Å². The van der Waals surface area contributed by atoms with Gasteiger partial charge in [-0.05, 0) is 30.3 Å². The van der Waals surface area contributed by atoms with Gasteiger partial charge < -0.3 is 19.7 Å². The number of hydrogen-bond donors (Lipinski definition) is 1. The van der Waals surface area contributed by atoms with Gasteiger partial charge in [-0.25, -0.2) is 9.97 Å². The summed E-state index contributed by atoms with van der Waals surface area (Å²) in [5.41, 5.74) is 0.869. The van der Waals surface area contributed by atoms with Crippen molar-refractivity contribution in [3.63, 3.8) is 0 Å². The summed E-state index contributed by atoms with van der Waals surface area (Å²) >= 11 is 0. The Kier molecular flexibility index (Phi) is 5.44. The molecule has 0 aliphatic carbocycles. The lowest BCUT2D eigenvalue weighted by Gasteiger charge is -2.26. The summed E-state index contributed by atoms with van der Waals surface area (Å²) in [6.07, 6.45) is 1.60. The number of para-hydroxylation sites is 3. The monoisotopic (exact) mass is 376 g/mol. The van der Waals surface area contributed by atoms with E-state index in [1.165, 1.54) is 0 Å². The lowest BCUT2D eigenvalue weighted by molar-refractivity contribution is 0.102. The molecule has 1 fully saturated rings. The van der Waals surface area contributed by atoms with Crippen molar-refractivity contribution in [3.05, 3.63) is 72.6 Å². The molecular weight excluding hydrogens is 356 g/mol. The summed E-state index contributed by atoms with van der Waals surface area (Å²) in [5.74, 6) is 1.47. The van der Waals surface area contributed by atoms with Crippen molar-refractivity contribution in [3.8, 4) is 11.5 Å². The number of nitrogens with zero attached hydrogens (tertiary/aromatic N) is 3. The molecule has 7 nitrogen and oxygen atoms in total. The van der Waals surface area contributed by atoms with Crippen molar-refractivity contribution >= 4 is 17.5 Å². The first kappa shape index (κ1) is 17.9. The second kappa shape index (κ2) is 8.49. The number of benzene rings is 2. The number of amides is 1. The first-order chi connectivity index (χ1) is 13.8. The van der Waals surface area contributed by atoms with E-state index in [0.717, 1.165) is 0 Å². The summed E-state index contributed by atoms with van der Waals surface area (Å²) in [6.45, 7) is 2.67. The number of morpholine rings is 1. The summed E-state index contributed by atoms with van der Waals surface area (Å²) in [4.78, 5) is 23.5. The van der Waals surface area contributed by atoms with Crippen LogP contribution < -0.4 is 15.0 Å². The van der Waals surface area contributed by atoms with Crippen LogP contribution in [0.2, 0.25) is 0 Å². The van der Waals surface area contributed by atoms with E-state index in [2.05, 4.69) is 15.3 Å². The molecule has 1 saturated heterocycles. The molecule has 0 spiro atoms. The molecule has 1 N–H and O–H groups in total. The zero-order valence-corrected chi connectivity index (χ0v) is 15.2. The van der Waals surface area contributed by atoms with Crippen molar-refractivity contribution in [1.29, 1.82) is 0 Å². The quantitative estimate of drug-likeness (QED) is 0.736. The predicted octanol–water partition coefficient (Wildman–Crippen LogP) is 3.36. The van der Waals surface area contributed by atoms with E-state index in [9.17, 15) is 4.79 Å². The summed E-state index contributed by atoms with van der Waals surface area (Å²) in [6, 6.07) is 18.3. The van der Waals surface area contributed by atoms with Gasteiger partial charge in [0.2, 0.25) is 5.95 Å². The molecule has 28 heavy (non-hydrogen) atoms. The SMILES string of the molecule is O=C(Nc1ccccc1Oc1ccccc1)c1ccnc(N2CCOCC2)n1. The average Bonchev–Trinajstić information content (AvgIpc) is 2.76. The van der Waals surface area contributed by atoms with Gasteiger partial charge in [0, 0.05) is 19.3 Å². The number of ether oxygens (including phenoxy) is 2. The van der Waals surface area contributed by atoms with Gasteiger partial charge in [0.15, 0.2) is 5.75 Å². The van der Waals surface area contributed by atoms with Gasteiger partial charge in [0.05, 0.1) is 18.9 Å². The standard InChI is InChI=1S/C21H20N4O3/c26-20(18-10-11-22-21(24-18)25-12-14-27-15-13-25)23-17-8-4-5-9-19(17)28-16-6-2-1-3-7-16/h1-11H,12-15H2,(H,23,26). The lowest BCUT2D eigenvalue weighted by atomic mass is 10.2. The van der Waals surface area contributed by atoms with E-state index < -0.39 is 0 Å². The van der Waals surface area contributed by atoms with Crippen molar-refractivity contribution in [1.82, 2.24) is 9.97 Å². The third-order valence-corrected chi connectivity index (χ3v) is 4.28. The Labute approximate surface area is 163 Å². The number of rotatable bonds is 5. The summed E-state index contributed by atoms with van der Waals surface area (Å²) in [5, 5.41) is 2.88. The van der Waals surface area contributed by atoms with E-state index in [1.54, 1.807) is 18.3 Å². The zero-order chi connectivity index (χ0) is 19.2. The number of anilines is 2. The van der Waals surface area contributed by atoms with Gasteiger partial charge in [-0.3, -0.25) is 4.79 Å². The van der Waals surface area contributed by atoms with Gasteiger partial charge in [0.1, 0.15) is 11.4 Å². The maximum atomic E-state index is 12.8.